The van der Waals surface area contributed by atoms with E-state index >= 15 is 0 Å². The normalized spacial score (nSPS) is 21.8. The van der Waals surface area contributed by atoms with Crippen LogP contribution in [0.15, 0.2) is 72.8 Å². The molecule has 2 saturated heterocycles. The van der Waals surface area contributed by atoms with Crippen LogP contribution in [0.2, 0.25) is 0 Å². The maximum Gasteiger partial charge on any atom is 0.573 e. The molecule has 2 heterocycles. The molecule has 0 unspecified atom stereocenters. The molecule has 3 aromatic rings. The number of benzene rings is 3. The Kier molecular flexibility index (Phi) is 6.38. The molecular formula is C28H27F3N2O3. The second kappa shape index (κ2) is 9.50. The summed E-state index contributed by atoms with van der Waals surface area (Å²) in [6.07, 6.45) is -2.15. The number of carbonyl (C=O) groups excluding carboxylic acids is 1. The van der Waals surface area contributed by atoms with Crippen LogP contribution in [0.1, 0.15) is 36.4 Å². The summed E-state index contributed by atoms with van der Waals surface area (Å²) in [5, 5.41) is 3.62. The second-order valence-electron chi connectivity index (χ2n) is 9.38. The van der Waals surface area contributed by atoms with E-state index in [9.17, 15) is 18.0 Å². The first-order chi connectivity index (χ1) is 17.2. The molecule has 2 aliphatic rings. The van der Waals surface area contributed by atoms with Gasteiger partial charge in [-0.3, -0.25) is 10.1 Å². The smallest absolute Gasteiger partial charge is 0.489 e. The monoisotopic (exact) mass is 496 g/mol. The summed E-state index contributed by atoms with van der Waals surface area (Å²) in [5.41, 5.74) is 3.71. The molecule has 2 aliphatic heterocycles. The molecule has 5 rings (SSSR count). The van der Waals surface area contributed by atoms with E-state index in [0.29, 0.717) is 5.75 Å². The van der Waals surface area contributed by atoms with E-state index in [0.717, 1.165) is 48.1 Å². The van der Waals surface area contributed by atoms with Crippen molar-refractivity contribution in [2.45, 2.75) is 43.8 Å². The molecule has 0 bridgehead atoms. The first-order valence-electron chi connectivity index (χ1n) is 11.9. The third-order valence-electron chi connectivity index (χ3n) is 7.01. The summed E-state index contributed by atoms with van der Waals surface area (Å²) in [5.74, 6) is 0.335. The van der Waals surface area contributed by atoms with Crippen molar-refractivity contribution < 1.29 is 27.4 Å². The van der Waals surface area contributed by atoms with Crippen LogP contribution in [-0.4, -0.2) is 36.3 Å². The molecule has 188 valence electrons. The number of carbonyl (C=O) groups is 1. The minimum absolute atomic E-state index is 0.112. The molecule has 1 amide bonds. The average Bonchev–Trinajstić information content (AvgIpc) is 3.42. The van der Waals surface area contributed by atoms with Crippen LogP contribution in [0.4, 0.5) is 13.2 Å². The Bertz CT molecular complexity index is 1250. The molecule has 1 N–H and O–H groups in total. The highest BCUT2D eigenvalue weighted by Gasteiger charge is 2.50. The highest BCUT2D eigenvalue weighted by atomic mass is 19.4. The zero-order valence-electron chi connectivity index (χ0n) is 19.8. The number of likely N-dealkylation sites (N-methyl/N-ethyl adjacent to an activating group) is 1. The van der Waals surface area contributed by atoms with Gasteiger partial charge in [-0.25, -0.2) is 0 Å². The minimum Gasteiger partial charge on any atom is -0.489 e. The SMILES string of the molecule is CN1CC[C@]2(CC[C@H](c3cccc(-c4ccccc4COc4ccc(OC(F)(F)F)cc4)c3)N2)C1=O. The van der Waals surface area contributed by atoms with E-state index in [1.807, 2.05) is 43.4 Å². The predicted octanol–water partition coefficient (Wildman–Crippen LogP) is 5.86. The number of rotatable bonds is 6. The number of nitrogens with one attached hydrogen (secondary N) is 1. The van der Waals surface area contributed by atoms with E-state index in [2.05, 4.69) is 22.2 Å². The fourth-order valence-corrected chi connectivity index (χ4v) is 5.17. The molecule has 5 nitrogen and oxygen atoms in total. The van der Waals surface area contributed by atoms with E-state index in [1.165, 1.54) is 24.3 Å². The number of likely N-dealkylation sites (tertiary alicyclic amines) is 1. The summed E-state index contributed by atoms with van der Waals surface area (Å²) in [6.45, 7) is 1.04. The molecule has 36 heavy (non-hydrogen) atoms. The van der Waals surface area contributed by atoms with Crippen molar-refractivity contribution in [2.75, 3.05) is 13.6 Å². The number of halogens is 3. The zero-order chi connectivity index (χ0) is 25.3. The third kappa shape index (κ3) is 5.04. The maximum absolute atomic E-state index is 12.7. The lowest BCUT2D eigenvalue weighted by Gasteiger charge is -2.23. The Morgan fingerprint density at radius 1 is 1.00 bits per heavy atom. The quantitative estimate of drug-likeness (QED) is 0.465. The van der Waals surface area contributed by atoms with Gasteiger partial charge in [0.2, 0.25) is 5.91 Å². The molecule has 0 saturated carbocycles. The van der Waals surface area contributed by atoms with Crippen molar-refractivity contribution in [3.8, 4) is 22.6 Å². The topological polar surface area (TPSA) is 50.8 Å². The molecule has 2 atom stereocenters. The Balaban J connectivity index is 1.30. The standard InChI is InChI=1S/C28H27F3N2O3/c1-33-16-15-27(26(33)34)14-13-25(32-27)20-7-4-6-19(17-20)24-8-3-2-5-21(24)18-35-22-9-11-23(12-10-22)36-28(29,30)31/h2-12,17,25,32H,13-16,18H2,1H3/t25-,27-/m1/s1. The van der Waals surface area contributed by atoms with E-state index in [-0.39, 0.29) is 24.3 Å². The Labute approximate surface area is 207 Å². The van der Waals surface area contributed by atoms with Gasteiger partial charge in [0.25, 0.3) is 0 Å². The Morgan fingerprint density at radius 3 is 2.47 bits per heavy atom. The lowest BCUT2D eigenvalue weighted by atomic mass is 9.95. The number of hydrogen-bond acceptors (Lipinski definition) is 4. The lowest BCUT2D eigenvalue weighted by Crippen LogP contribution is -2.47. The first-order valence-corrected chi connectivity index (χ1v) is 11.9. The zero-order valence-corrected chi connectivity index (χ0v) is 19.8. The highest BCUT2D eigenvalue weighted by Crippen LogP contribution is 2.40. The molecule has 8 heteroatoms. The van der Waals surface area contributed by atoms with Crippen LogP contribution < -0.4 is 14.8 Å². The van der Waals surface area contributed by atoms with Gasteiger partial charge in [0.05, 0.1) is 0 Å². The van der Waals surface area contributed by atoms with Gasteiger partial charge in [-0.2, -0.15) is 0 Å². The van der Waals surface area contributed by atoms with Gasteiger partial charge in [-0.1, -0.05) is 42.5 Å². The van der Waals surface area contributed by atoms with E-state index in [4.69, 9.17) is 4.74 Å². The van der Waals surface area contributed by atoms with Crippen molar-refractivity contribution >= 4 is 5.91 Å². The molecule has 0 aliphatic carbocycles. The number of nitrogens with zero attached hydrogens (tertiary/aromatic N) is 1. The maximum atomic E-state index is 12.7. The second-order valence-corrected chi connectivity index (χ2v) is 9.38. The molecular weight excluding hydrogens is 469 g/mol. The summed E-state index contributed by atoms with van der Waals surface area (Å²) >= 11 is 0. The van der Waals surface area contributed by atoms with Crippen LogP contribution >= 0.6 is 0 Å². The summed E-state index contributed by atoms with van der Waals surface area (Å²) in [7, 11) is 1.86. The van der Waals surface area contributed by atoms with Crippen molar-refractivity contribution in [3.05, 3.63) is 83.9 Å². The van der Waals surface area contributed by atoms with Gasteiger partial charge in [0, 0.05) is 19.6 Å². The average molecular weight is 497 g/mol. The number of amides is 1. The fourth-order valence-electron chi connectivity index (χ4n) is 5.17. The Morgan fingerprint density at radius 2 is 1.75 bits per heavy atom. The van der Waals surface area contributed by atoms with Gasteiger partial charge in [0.1, 0.15) is 23.6 Å². The van der Waals surface area contributed by atoms with E-state index < -0.39 is 11.9 Å². The van der Waals surface area contributed by atoms with Gasteiger partial charge in [-0.05, 0) is 71.8 Å². The molecule has 3 aromatic carbocycles. The predicted molar refractivity (Wildman–Crippen MR) is 129 cm³/mol. The fraction of sp³-hybridized carbons (Fsp3) is 0.321. The van der Waals surface area contributed by atoms with Gasteiger partial charge in [-0.15, -0.1) is 13.2 Å². The molecule has 2 fully saturated rings. The van der Waals surface area contributed by atoms with Crippen molar-refractivity contribution in [1.82, 2.24) is 10.2 Å². The largest absolute Gasteiger partial charge is 0.573 e. The van der Waals surface area contributed by atoms with Crippen molar-refractivity contribution in [1.29, 1.82) is 0 Å². The third-order valence-corrected chi connectivity index (χ3v) is 7.01. The highest BCUT2D eigenvalue weighted by molar-refractivity contribution is 5.88. The molecule has 1 spiro atoms. The van der Waals surface area contributed by atoms with Crippen molar-refractivity contribution in [2.24, 2.45) is 0 Å². The van der Waals surface area contributed by atoms with E-state index in [1.54, 1.807) is 4.90 Å². The van der Waals surface area contributed by atoms with Gasteiger partial charge >= 0.3 is 6.36 Å². The van der Waals surface area contributed by atoms with Crippen LogP contribution in [0.3, 0.4) is 0 Å². The number of hydrogen-bond donors (Lipinski definition) is 1. The van der Waals surface area contributed by atoms with Gasteiger partial charge in [0.15, 0.2) is 0 Å². The van der Waals surface area contributed by atoms with Crippen molar-refractivity contribution in [3.63, 3.8) is 0 Å². The van der Waals surface area contributed by atoms with Crippen LogP contribution in [0, 0.1) is 0 Å². The summed E-state index contributed by atoms with van der Waals surface area (Å²) < 4.78 is 46.9. The lowest BCUT2D eigenvalue weighted by molar-refractivity contribution is -0.274. The number of ether oxygens (including phenoxy) is 2. The van der Waals surface area contributed by atoms with Crippen LogP contribution in [-0.2, 0) is 11.4 Å². The molecule has 0 aromatic heterocycles. The number of alkyl halides is 3. The van der Waals surface area contributed by atoms with Crippen LogP contribution in [0.5, 0.6) is 11.5 Å². The van der Waals surface area contributed by atoms with Crippen LogP contribution in [0.25, 0.3) is 11.1 Å². The summed E-state index contributed by atoms with van der Waals surface area (Å²) in [6, 6.07) is 21.7. The van der Waals surface area contributed by atoms with Gasteiger partial charge < -0.3 is 14.4 Å². The summed E-state index contributed by atoms with van der Waals surface area (Å²) in [4.78, 5) is 14.5. The first kappa shape index (κ1) is 24.2. The minimum atomic E-state index is -4.73. The Hall–Kier alpha value is -3.52. The molecule has 0 radical (unpaired) electrons.